The first kappa shape index (κ1) is 23.7. The van der Waals surface area contributed by atoms with Crippen molar-refractivity contribution < 1.29 is 14.3 Å². The summed E-state index contributed by atoms with van der Waals surface area (Å²) in [5.41, 5.74) is 5.76. The van der Waals surface area contributed by atoms with E-state index in [1.165, 1.54) is 16.9 Å². The number of esters is 1. The van der Waals surface area contributed by atoms with E-state index >= 15 is 0 Å². The fourth-order valence-electron chi connectivity index (χ4n) is 3.42. The first-order valence-corrected chi connectivity index (χ1v) is 11.8. The summed E-state index contributed by atoms with van der Waals surface area (Å²) in [4.78, 5) is 25.4. The van der Waals surface area contributed by atoms with E-state index < -0.39 is 5.97 Å². The molecule has 2 aromatic carbocycles. The van der Waals surface area contributed by atoms with Crippen LogP contribution in [0.3, 0.4) is 0 Å². The van der Waals surface area contributed by atoms with E-state index in [1.807, 2.05) is 36.6 Å². The van der Waals surface area contributed by atoms with Crippen molar-refractivity contribution in [2.45, 2.75) is 52.9 Å². The predicted octanol–water partition coefficient (Wildman–Crippen LogP) is 6.77. The highest BCUT2D eigenvalue weighted by atomic mass is 32.1. The Kier molecular flexibility index (Phi) is 7.52. The van der Waals surface area contributed by atoms with Crippen molar-refractivity contribution in [3.63, 3.8) is 0 Å². The molecule has 0 bridgehead atoms. The van der Waals surface area contributed by atoms with Gasteiger partial charge in [0.25, 0.3) is 0 Å². The van der Waals surface area contributed by atoms with Crippen LogP contribution in [0, 0.1) is 6.92 Å². The number of aryl methyl sites for hydroxylation is 2. The smallest absolute Gasteiger partial charge is 0.341 e. The number of hydrogen-bond acceptors (Lipinski definition) is 4. The van der Waals surface area contributed by atoms with E-state index in [-0.39, 0.29) is 17.9 Å². The van der Waals surface area contributed by atoms with Crippen LogP contribution in [-0.2, 0) is 21.4 Å². The van der Waals surface area contributed by atoms with Gasteiger partial charge in [-0.1, -0.05) is 74.9 Å². The average molecular weight is 450 g/mol. The topological polar surface area (TPSA) is 55.4 Å². The minimum absolute atomic E-state index is 0.105. The lowest BCUT2D eigenvalue weighted by atomic mass is 9.86. The van der Waals surface area contributed by atoms with Crippen molar-refractivity contribution in [3.05, 3.63) is 76.2 Å². The third-order valence-electron chi connectivity index (χ3n) is 5.35. The first-order valence-electron chi connectivity index (χ1n) is 10.9. The fourth-order valence-corrected chi connectivity index (χ4v) is 4.39. The Balaban J connectivity index is 1.74. The molecule has 1 N–H and O–H groups in total. The summed E-state index contributed by atoms with van der Waals surface area (Å²) in [6.07, 6.45) is 0.982. The third kappa shape index (κ3) is 5.86. The second-order valence-electron chi connectivity index (χ2n) is 8.94. The van der Waals surface area contributed by atoms with E-state index in [4.69, 9.17) is 4.74 Å². The van der Waals surface area contributed by atoms with Gasteiger partial charge in [0.05, 0.1) is 6.61 Å². The number of benzene rings is 2. The maximum Gasteiger partial charge on any atom is 0.341 e. The summed E-state index contributed by atoms with van der Waals surface area (Å²) in [5.74, 6) is -0.537. The van der Waals surface area contributed by atoms with Gasteiger partial charge in [0, 0.05) is 17.4 Å². The minimum atomic E-state index is -0.419. The van der Waals surface area contributed by atoms with Gasteiger partial charge in [-0.15, -0.1) is 11.3 Å². The lowest BCUT2D eigenvalue weighted by molar-refractivity contribution is -0.116. The molecule has 0 radical (unpaired) electrons. The highest BCUT2D eigenvalue weighted by Crippen LogP contribution is 2.36. The Morgan fingerprint density at radius 1 is 1.00 bits per heavy atom. The Morgan fingerprint density at radius 2 is 1.66 bits per heavy atom. The van der Waals surface area contributed by atoms with Gasteiger partial charge in [-0.2, -0.15) is 0 Å². The molecule has 0 aliphatic heterocycles. The normalized spacial score (nSPS) is 11.3. The summed E-state index contributed by atoms with van der Waals surface area (Å²) in [5, 5.41) is 5.37. The molecular weight excluding hydrogens is 418 g/mol. The van der Waals surface area contributed by atoms with Crippen molar-refractivity contribution in [3.8, 4) is 11.1 Å². The standard InChI is InChI=1S/C27H31NO3S/c1-6-31-26(30)24-22(20-12-7-18(2)8-13-20)17-32-25(24)28-23(29)16-11-19-9-14-21(15-10-19)27(3,4)5/h7-10,12-15,17H,6,11,16H2,1-5H3,(H,28,29). The summed E-state index contributed by atoms with van der Waals surface area (Å²) in [7, 11) is 0. The summed E-state index contributed by atoms with van der Waals surface area (Å²) >= 11 is 1.35. The fraction of sp³-hybridized carbons (Fsp3) is 0.333. The SMILES string of the molecule is CCOC(=O)c1c(-c2ccc(C)cc2)csc1NC(=O)CCc1ccc(C(C)(C)C)cc1. The second kappa shape index (κ2) is 10.1. The van der Waals surface area contributed by atoms with Crippen LogP contribution in [0.15, 0.2) is 53.9 Å². The Bertz CT molecular complexity index is 1070. The van der Waals surface area contributed by atoms with E-state index in [2.05, 4.69) is 50.4 Å². The lowest BCUT2D eigenvalue weighted by Gasteiger charge is -2.19. The van der Waals surface area contributed by atoms with E-state index in [0.29, 0.717) is 23.4 Å². The van der Waals surface area contributed by atoms with Crippen LogP contribution in [-0.4, -0.2) is 18.5 Å². The van der Waals surface area contributed by atoms with Crippen LogP contribution in [0.1, 0.15) is 61.2 Å². The zero-order chi connectivity index (χ0) is 23.3. The average Bonchev–Trinajstić information content (AvgIpc) is 3.16. The number of ether oxygens (including phenoxy) is 1. The molecule has 1 aromatic heterocycles. The number of thiophene rings is 1. The van der Waals surface area contributed by atoms with Crippen LogP contribution in [0.4, 0.5) is 5.00 Å². The maximum absolute atomic E-state index is 12.7. The summed E-state index contributed by atoms with van der Waals surface area (Å²) < 4.78 is 5.28. The molecule has 32 heavy (non-hydrogen) atoms. The maximum atomic E-state index is 12.7. The third-order valence-corrected chi connectivity index (χ3v) is 6.24. The zero-order valence-electron chi connectivity index (χ0n) is 19.5. The highest BCUT2D eigenvalue weighted by Gasteiger charge is 2.22. The van der Waals surface area contributed by atoms with Gasteiger partial charge >= 0.3 is 5.97 Å². The molecule has 0 atom stereocenters. The summed E-state index contributed by atoms with van der Waals surface area (Å²) in [6.45, 7) is 10.6. The molecule has 0 aliphatic carbocycles. The summed E-state index contributed by atoms with van der Waals surface area (Å²) in [6, 6.07) is 16.4. The molecule has 0 fully saturated rings. The van der Waals surface area contributed by atoms with Gasteiger partial charge in [-0.25, -0.2) is 4.79 Å². The number of hydrogen-bond donors (Lipinski definition) is 1. The van der Waals surface area contributed by atoms with Gasteiger partial charge in [-0.3, -0.25) is 4.79 Å². The molecule has 5 heteroatoms. The molecule has 3 aromatic rings. The highest BCUT2D eigenvalue weighted by molar-refractivity contribution is 7.15. The predicted molar refractivity (Wildman–Crippen MR) is 133 cm³/mol. The molecular formula is C27H31NO3S. The molecule has 1 amide bonds. The van der Waals surface area contributed by atoms with E-state index in [9.17, 15) is 9.59 Å². The molecule has 168 valence electrons. The largest absolute Gasteiger partial charge is 0.462 e. The monoisotopic (exact) mass is 449 g/mol. The molecule has 1 heterocycles. The number of carbonyl (C=O) groups excluding carboxylic acids is 2. The molecule has 3 rings (SSSR count). The van der Waals surface area contributed by atoms with E-state index in [0.717, 1.165) is 22.3 Å². The Hall–Kier alpha value is -2.92. The molecule has 0 spiro atoms. The number of anilines is 1. The van der Waals surface area contributed by atoms with Gasteiger partial charge in [-0.05, 0) is 42.4 Å². The number of amides is 1. The van der Waals surface area contributed by atoms with Gasteiger partial charge in [0.1, 0.15) is 10.6 Å². The Labute approximate surface area is 194 Å². The second-order valence-corrected chi connectivity index (χ2v) is 9.81. The molecule has 0 unspecified atom stereocenters. The molecule has 0 aliphatic rings. The molecule has 0 saturated carbocycles. The van der Waals surface area contributed by atoms with E-state index in [1.54, 1.807) is 6.92 Å². The molecule has 4 nitrogen and oxygen atoms in total. The Morgan fingerprint density at radius 3 is 2.25 bits per heavy atom. The van der Waals surface area contributed by atoms with Gasteiger partial charge < -0.3 is 10.1 Å². The van der Waals surface area contributed by atoms with Crippen molar-refractivity contribution in [2.24, 2.45) is 0 Å². The quantitative estimate of drug-likeness (QED) is 0.405. The van der Waals surface area contributed by atoms with Crippen molar-refractivity contribution in [2.75, 3.05) is 11.9 Å². The van der Waals surface area contributed by atoms with Crippen LogP contribution >= 0.6 is 11.3 Å². The number of rotatable bonds is 7. The lowest BCUT2D eigenvalue weighted by Crippen LogP contribution is -2.15. The van der Waals surface area contributed by atoms with Crippen molar-refractivity contribution in [1.29, 1.82) is 0 Å². The minimum Gasteiger partial charge on any atom is -0.462 e. The number of carbonyl (C=O) groups is 2. The molecule has 0 saturated heterocycles. The first-order chi connectivity index (χ1) is 15.2. The van der Waals surface area contributed by atoms with Crippen LogP contribution in [0.5, 0.6) is 0 Å². The van der Waals surface area contributed by atoms with Crippen molar-refractivity contribution >= 4 is 28.2 Å². The number of nitrogens with one attached hydrogen (secondary N) is 1. The van der Waals surface area contributed by atoms with Gasteiger partial charge in [0.2, 0.25) is 5.91 Å². The van der Waals surface area contributed by atoms with Crippen LogP contribution in [0.25, 0.3) is 11.1 Å². The van der Waals surface area contributed by atoms with Crippen molar-refractivity contribution in [1.82, 2.24) is 0 Å². The van der Waals surface area contributed by atoms with Crippen LogP contribution in [0.2, 0.25) is 0 Å². The zero-order valence-corrected chi connectivity index (χ0v) is 20.3. The van der Waals surface area contributed by atoms with Gasteiger partial charge in [0.15, 0.2) is 0 Å². The van der Waals surface area contributed by atoms with Crippen LogP contribution < -0.4 is 5.32 Å².